The van der Waals surface area contributed by atoms with Crippen molar-refractivity contribution in [2.24, 2.45) is 11.8 Å². The molecule has 8 nitrogen and oxygen atoms in total. The van der Waals surface area contributed by atoms with Gasteiger partial charge in [0.1, 0.15) is 6.04 Å². The molecular formula is C25H34N4O4. The number of benzene rings is 1. The molecule has 3 rings (SSSR count). The fraction of sp³-hybridized carbons (Fsp3) is 0.520. The summed E-state index contributed by atoms with van der Waals surface area (Å²) in [7, 11) is 3.40. The van der Waals surface area contributed by atoms with Gasteiger partial charge in [-0.25, -0.2) is 0 Å². The molecule has 1 aromatic heterocycles. The van der Waals surface area contributed by atoms with E-state index in [1.54, 1.807) is 49.3 Å². The highest BCUT2D eigenvalue weighted by molar-refractivity contribution is 5.98. The number of carbonyl (C=O) groups is 3. The van der Waals surface area contributed by atoms with Gasteiger partial charge in [0.25, 0.3) is 11.8 Å². The lowest BCUT2D eigenvalue weighted by Crippen LogP contribution is -2.62. The number of hydrogen-bond acceptors (Lipinski definition) is 5. The second kappa shape index (κ2) is 10.2. The van der Waals surface area contributed by atoms with Crippen molar-refractivity contribution in [3.8, 4) is 11.3 Å². The fourth-order valence-corrected chi connectivity index (χ4v) is 4.15. The van der Waals surface area contributed by atoms with Gasteiger partial charge in [-0.05, 0) is 36.8 Å². The van der Waals surface area contributed by atoms with E-state index in [1.807, 2.05) is 13.8 Å². The van der Waals surface area contributed by atoms with Crippen molar-refractivity contribution in [2.45, 2.75) is 52.6 Å². The van der Waals surface area contributed by atoms with Gasteiger partial charge in [0.2, 0.25) is 5.91 Å². The third-order valence-corrected chi connectivity index (χ3v) is 5.71. The maximum atomic E-state index is 13.4. The van der Waals surface area contributed by atoms with Crippen LogP contribution in [0.25, 0.3) is 11.3 Å². The Labute approximate surface area is 195 Å². The summed E-state index contributed by atoms with van der Waals surface area (Å²) < 4.78 is 5.45. The first-order valence-corrected chi connectivity index (χ1v) is 11.5. The van der Waals surface area contributed by atoms with Crippen LogP contribution in [-0.2, 0) is 4.79 Å². The van der Waals surface area contributed by atoms with Gasteiger partial charge in [-0.2, -0.15) is 0 Å². The summed E-state index contributed by atoms with van der Waals surface area (Å²) in [5.41, 5.74) is 1.45. The lowest BCUT2D eigenvalue weighted by Gasteiger charge is -2.40. The maximum absolute atomic E-state index is 13.4. The van der Waals surface area contributed by atoms with Crippen molar-refractivity contribution >= 4 is 17.7 Å². The molecule has 2 aromatic rings. The van der Waals surface area contributed by atoms with Gasteiger partial charge in [0.15, 0.2) is 11.5 Å². The number of nitrogens with zero attached hydrogens (tertiary/aromatic N) is 3. The van der Waals surface area contributed by atoms with Crippen LogP contribution in [0, 0.1) is 11.8 Å². The van der Waals surface area contributed by atoms with Crippen LogP contribution in [0.5, 0.6) is 0 Å². The average Bonchev–Trinajstić information content (AvgIpc) is 3.24. The molecule has 0 radical (unpaired) electrons. The molecule has 1 N–H and O–H groups in total. The highest BCUT2D eigenvalue weighted by atomic mass is 16.5. The summed E-state index contributed by atoms with van der Waals surface area (Å²) in [5.74, 6) is 0.578. The van der Waals surface area contributed by atoms with Crippen LogP contribution in [-0.4, -0.2) is 65.4 Å². The Bertz CT molecular complexity index is 994. The lowest BCUT2D eigenvalue weighted by atomic mass is 9.94. The van der Waals surface area contributed by atoms with E-state index in [2.05, 4.69) is 24.3 Å². The highest BCUT2D eigenvalue weighted by Gasteiger charge is 2.39. The molecule has 2 unspecified atom stereocenters. The number of carbonyl (C=O) groups excluding carboxylic acids is 3. The minimum absolute atomic E-state index is 0.0852. The van der Waals surface area contributed by atoms with E-state index in [0.717, 1.165) is 6.42 Å². The Morgan fingerprint density at radius 2 is 1.76 bits per heavy atom. The van der Waals surface area contributed by atoms with E-state index in [0.29, 0.717) is 35.8 Å². The molecule has 1 aromatic carbocycles. The van der Waals surface area contributed by atoms with Gasteiger partial charge in [-0.1, -0.05) is 45.0 Å². The molecular weight excluding hydrogens is 420 g/mol. The molecule has 178 valence electrons. The standard InChI is InChI=1S/C25H34N4O4/c1-15(2)11-19-14-29(21(12-16(3)4)23(30)26-19)25(32)20-13-22(33-27-20)17-7-9-18(10-8-17)24(31)28(5)6/h7-10,13,15-16,19,21H,11-12,14H2,1-6H3,(H,26,30). The van der Waals surface area contributed by atoms with Crippen LogP contribution < -0.4 is 5.32 Å². The van der Waals surface area contributed by atoms with E-state index < -0.39 is 6.04 Å². The van der Waals surface area contributed by atoms with E-state index in [9.17, 15) is 14.4 Å². The largest absolute Gasteiger partial charge is 0.355 e. The van der Waals surface area contributed by atoms with Crippen molar-refractivity contribution in [1.29, 1.82) is 0 Å². The molecule has 1 saturated heterocycles. The Morgan fingerprint density at radius 3 is 2.33 bits per heavy atom. The number of nitrogens with one attached hydrogen (secondary N) is 1. The third kappa shape index (κ3) is 5.80. The Morgan fingerprint density at radius 1 is 1.12 bits per heavy atom. The molecule has 33 heavy (non-hydrogen) atoms. The monoisotopic (exact) mass is 454 g/mol. The van der Waals surface area contributed by atoms with Gasteiger partial charge in [0.05, 0.1) is 0 Å². The van der Waals surface area contributed by atoms with Crippen LogP contribution in [0.1, 0.15) is 61.4 Å². The maximum Gasteiger partial charge on any atom is 0.276 e. The van der Waals surface area contributed by atoms with Crippen LogP contribution >= 0.6 is 0 Å². The Kier molecular flexibility index (Phi) is 7.56. The van der Waals surface area contributed by atoms with E-state index in [4.69, 9.17) is 4.52 Å². The number of piperazine rings is 1. The first kappa shape index (κ1) is 24.5. The van der Waals surface area contributed by atoms with Crippen molar-refractivity contribution < 1.29 is 18.9 Å². The second-order valence-electron chi connectivity index (χ2n) is 9.79. The summed E-state index contributed by atoms with van der Waals surface area (Å²) in [6.07, 6.45) is 1.38. The summed E-state index contributed by atoms with van der Waals surface area (Å²) in [6, 6.07) is 7.94. The molecule has 0 spiro atoms. The number of amides is 3. The molecule has 8 heteroatoms. The van der Waals surface area contributed by atoms with Crippen molar-refractivity contribution in [2.75, 3.05) is 20.6 Å². The van der Waals surface area contributed by atoms with Gasteiger partial charge >= 0.3 is 0 Å². The minimum Gasteiger partial charge on any atom is -0.355 e. The van der Waals surface area contributed by atoms with Crippen LogP contribution in [0.2, 0.25) is 0 Å². The van der Waals surface area contributed by atoms with Gasteiger partial charge in [0, 0.05) is 43.9 Å². The molecule has 0 saturated carbocycles. The minimum atomic E-state index is -0.530. The first-order chi connectivity index (χ1) is 15.6. The zero-order valence-corrected chi connectivity index (χ0v) is 20.3. The molecule has 0 aliphatic carbocycles. The molecule has 1 aliphatic heterocycles. The summed E-state index contributed by atoms with van der Waals surface area (Å²) >= 11 is 0. The fourth-order valence-electron chi connectivity index (χ4n) is 4.15. The number of rotatable bonds is 7. The summed E-state index contributed by atoms with van der Waals surface area (Å²) in [5, 5.41) is 7.09. The molecule has 2 atom stereocenters. The lowest BCUT2D eigenvalue weighted by molar-refractivity contribution is -0.130. The van der Waals surface area contributed by atoms with Crippen molar-refractivity contribution in [3.63, 3.8) is 0 Å². The SMILES string of the molecule is CC(C)CC1CN(C(=O)c2cc(-c3ccc(C(=O)N(C)C)cc3)on2)C(CC(C)C)C(=O)N1. The third-order valence-electron chi connectivity index (χ3n) is 5.71. The van der Waals surface area contributed by atoms with Crippen molar-refractivity contribution in [3.05, 3.63) is 41.6 Å². The highest BCUT2D eigenvalue weighted by Crippen LogP contribution is 2.25. The molecule has 1 aliphatic rings. The first-order valence-electron chi connectivity index (χ1n) is 11.5. The van der Waals surface area contributed by atoms with Crippen LogP contribution in [0.3, 0.4) is 0 Å². The van der Waals surface area contributed by atoms with Gasteiger partial charge in [-0.15, -0.1) is 0 Å². The predicted molar refractivity (Wildman–Crippen MR) is 126 cm³/mol. The zero-order valence-electron chi connectivity index (χ0n) is 20.3. The number of hydrogen-bond donors (Lipinski definition) is 1. The topological polar surface area (TPSA) is 95.8 Å². The van der Waals surface area contributed by atoms with Crippen molar-refractivity contribution in [1.82, 2.24) is 20.3 Å². The van der Waals surface area contributed by atoms with Crippen LogP contribution in [0.4, 0.5) is 0 Å². The quantitative estimate of drug-likeness (QED) is 0.691. The summed E-state index contributed by atoms with van der Waals surface area (Å²) in [4.78, 5) is 41.5. The Balaban J connectivity index is 1.82. The normalized spacial score (nSPS) is 18.5. The summed E-state index contributed by atoms with van der Waals surface area (Å²) in [6.45, 7) is 8.72. The van der Waals surface area contributed by atoms with Crippen LogP contribution in [0.15, 0.2) is 34.9 Å². The Hall–Kier alpha value is -3.16. The predicted octanol–water partition coefficient (Wildman–Crippen LogP) is 3.44. The smallest absolute Gasteiger partial charge is 0.276 e. The van der Waals surface area contributed by atoms with E-state index in [1.165, 1.54) is 4.90 Å². The van der Waals surface area contributed by atoms with Gasteiger partial charge in [-0.3, -0.25) is 14.4 Å². The number of aromatic nitrogens is 1. The van der Waals surface area contributed by atoms with E-state index in [-0.39, 0.29) is 35.4 Å². The molecule has 3 amide bonds. The molecule has 1 fully saturated rings. The molecule has 2 heterocycles. The second-order valence-corrected chi connectivity index (χ2v) is 9.79. The van der Waals surface area contributed by atoms with E-state index >= 15 is 0 Å². The average molecular weight is 455 g/mol. The van der Waals surface area contributed by atoms with Gasteiger partial charge < -0.3 is 19.6 Å². The zero-order chi connectivity index (χ0) is 24.3. The molecule has 0 bridgehead atoms.